The van der Waals surface area contributed by atoms with E-state index in [1.165, 1.54) is 11.1 Å². The van der Waals surface area contributed by atoms with Gasteiger partial charge in [-0.3, -0.25) is 9.48 Å². The molecule has 1 unspecified atom stereocenters. The van der Waals surface area contributed by atoms with Crippen molar-refractivity contribution in [1.29, 1.82) is 0 Å². The summed E-state index contributed by atoms with van der Waals surface area (Å²) in [6, 6.07) is 18.8. The Labute approximate surface area is 167 Å². The molecule has 0 aliphatic carbocycles. The largest absolute Gasteiger partial charge is 0.350 e. The lowest BCUT2D eigenvalue weighted by atomic mass is 10.0. The summed E-state index contributed by atoms with van der Waals surface area (Å²) in [5.74, 6) is -0.101. The lowest BCUT2D eigenvalue weighted by Crippen LogP contribution is -2.34. The third-order valence-electron chi connectivity index (χ3n) is 4.93. The van der Waals surface area contributed by atoms with Crippen molar-refractivity contribution in [3.8, 4) is 0 Å². The topological polar surface area (TPSA) is 50.2 Å². The van der Waals surface area contributed by atoms with Crippen LogP contribution in [0.15, 0.2) is 67.0 Å². The standard InChI is InChI=1S/C23H28N4O/c1-4-18-10-12-20(13-11-18)22(26(2)3)15-24-23(28)21-14-25-27(17-21)16-19-8-6-5-7-9-19/h5-14,17,22H,4,15-16H2,1-3H3,(H,24,28). The van der Waals surface area contributed by atoms with Crippen LogP contribution in [0.25, 0.3) is 0 Å². The van der Waals surface area contributed by atoms with Gasteiger partial charge in [0.25, 0.3) is 5.91 Å². The number of hydrogen-bond donors (Lipinski definition) is 1. The number of aryl methyl sites for hydroxylation is 1. The summed E-state index contributed by atoms with van der Waals surface area (Å²) in [7, 11) is 4.06. The summed E-state index contributed by atoms with van der Waals surface area (Å²) in [6.07, 6.45) is 4.44. The molecule has 0 aliphatic rings. The highest BCUT2D eigenvalue weighted by atomic mass is 16.1. The smallest absolute Gasteiger partial charge is 0.254 e. The number of hydrogen-bond acceptors (Lipinski definition) is 3. The van der Waals surface area contributed by atoms with Crippen molar-refractivity contribution in [3.05, 3.63) is 89.2 Å². The van der Waals surface area contributed by atoms with Crippen LogP contribution in [0.5, 0.6) is 0 Å². The highest BCUT2D eigenvalue weighted by Gasteiger charge is 2.16. The van der Waals surface area contributed by atoms with E-state index in [0.717, 1.165) is 12.0 Å². The van der Waals surface area contributed by atoms with Gasteiger partial charge in [-0.15, -0.1) is 0 Å². The maximum atomic E-state index is 12.6. The number of nitrogens with zero attached hydrogens (tertiary/aromatic N) is 3. The van der Waals surface area contributed by atoms with Crippen molar-refractivity contribution in [3.63, 3.8) is 0 Å². The molecule has 28 heavy (non-hydrogen) atoms. The predicted molar refractivity (Wildman–Crippen MR) is 112 cm³/mol. The van der Waals surface area contributed by atoms with E-state index >= 15 is 0 Å². The molecule has 0 saturated heterocycles. The lowest BCUT2D eigenvalue weighted by molar-refractivity contribution is 0.0942. The zero-order valence-corrected chi connectivity index (χ0v) is 16.8. The van der Waals surface area contributed by atoms with Crippen LogP contribution in [0.4, 0.5) is 0 Å². The molecule has 1 aromatic heterocycles. The second kappa shape index (κ2) is 9.33. The maximum absolute atomic E-state index is 12.6. The van der Waals surface area contributed by atoms with Crippen LogP contribution in [-0.2, 0) is 13.0 Å². The molecule has 3 rings (SSSR count). The molecule has 1 amide bonds. The molecule has 5 heteroatoms. The van der Waals surface area contributed by atoms with Crippen molar-refractivity contribution in [2.45, 2.75) is 25.9 Å². The van der Waals surface area contributed by atoms with E-state index in [1.807, 2.05) is 44.4 Å². The van der Waals surface area contributed by atoms with E-state index in [-0.39, 0.29) is 11.9 Å². The van der Waals surface area contributed by atoms with Crippen molar-refractivity contribution in [1.82, 2.24) is 20.0 Å². The van der Waals surface area contributed by atoms with Crippen LogP contribution in [0.1, 0.15) is 40.0 Å². The number of amides is 1. The molecule has 0 spiro atoms. The first-order chi connectivity index (χ1) is 13.6. The van der Waals surface area contributed by atoms with Gasteiger partial charge in [0.1, 0.15) is 0 Å². The fourth-order valence-electron chi connectivity index (χ4n) is 3.20. The molecule has 5 nitrogen and oxygen atoms in total. The predicted octanol–water partition coefficient (Wildman–Crippen LogP) is 3.53. The normalized spacial score (nSPS) is 12.1. The Morgan fingerprint density at radius 1 is 1.07 bits per heavy atom. The van der Waals surface area contributed by atoms with E-state index in [1.54, 1.807) is 17.1 Å². The molecule has 0 saturated carbocycles. The number of carbonyl (C=O) groups excluding carboxylic acids is 1. The van der Waals surface area contributed by atoms with Crippen molar-refractivity contribution >= 4 is 5.91 Å². The fraction of sp³-hybridized carbons (Fsp3) is 0.304. The minimum absolute atomic E-state index is 0.101. The number of nitrogens with one attached hydrogen (secondary N) is 1. The quantitative estimate of drug-likeness (QED) is 0.654. The van der Waals surface area contributed by atoms with Crippen molar-refractivity contribution in [2.24, 2.45) is 0 Å². The Kier molecular flexibility index (Phi) is 6.61. The zero-order valence-electron chi connectivity index (χ0n) is 16.8. The van der Waals surface area contributed by atoms with Gasteiger partial charge in [-0.2, -0.15) is 5.10 Å². The Morgan fingerprint density at radius 2 is 1.79 bits per heavy atom. The molecule has 146 valence electrons. The molecule has 1 atom stereocenters. The van der Waals surface area contributed by atoms with Crippen LogP contribution in [-0.4, -0.2) is 41.2 Å². The van der Waals surface area contributed by atoms with Gasteiger partial charge in [0.05, 0.1) is 24.3 Å². The molecule has 2 aromatic carbocycles. The first-order valence-electron chi connectivity index (χ1n) is 9.66. The van der Waals surface area contributed by atoms with Gasteiger partial charge in [-0.25, -0.2) is 0 Å². The second-order valence-corrected chi connectivity index (χ2v) is 7.20. The van der Waals surface area contributed by atoms with E-state index in [9.17, 15) is 4.79 Å². The van der Waals surface area contributed by atoms with Gasteiger partial charge in [0.2, 0.25) is 0 Å². The molecule has 0 aliphatic heterocycles. The summed E-state index contributed by atoms with van der Waals surface area (Å²) in [5, 5.41) is 7.37. The van der Waals surface area contributed by atoms with Crippen LogP contribution in [0.2, 0.25) is 0 Å². The average molecular weight is 377 g/mol. The third kappa shape index (κ3) is 5.08. The molecular weight excluding hydrogens is 348 g/mol. The van der Waals surface area contributed by atoms with Gasteiger partial charge in [-0.05, 0) is 37.2 Å². The third-order valence-corrected chi connectivity index (χ3v) is 4.93. The van der Waals surface area contributed by atoms with Gasteiger partial charge < -0.3 is 10.2 Å². The SMILES string of the molecule is CCc1ccc(C(CNC(=O)c2cnn(Cc3ccccc3)c2)N(C)C)cc1. The first kappa shape index (κ1) is 19.8. The fourth-order valence-corrected chi connectivity index (χ4v) is 3.20. The number of rotatable bonds is 8. The van der Waals surface area contributed by atoms with Gasteiger partial charge in [0, 0.05) is 12.7 Å². The summed E-state index contributed by atoms with van der Waals surface area (Å²) in [5.41, 5.74) is 4.24. The molecule has 3 aromatic rings. The molecule has 0 bridgehead atoms. The van der Waals surface area contributed by atoms with E-state index in [4.69, 9.17) is 0 Å². The monoisotopic (exact) mass is 376 g/mol. The number of aromatic nitrogens is 2. The molecule has 0 fully saturated rings. The maximum Gasteiger partial charge on any atom is 0.254 e. The average Bonchev–Trinajstić information content (AvgIpc) is 3.17. The Morgan fingerprint density at radius 3 is 2.43 bits per heavy atom. The zero-order chi connectivity index (χ0) is 19.9. The lowest BCUT2D eigenvalue weighted by Gasteiger charge is -2.25. The second-order valence-electron chi connectivity index (χ2n) is 7.20. The summed E-state index contributed by atoms with van der Waals surface area (Å²) < 4.78 is 1.79. The minimum Gasteiger partial charge on any atom is -0.350 e. The van der Waals surface area contributed by atoms with Crippen LogP contribution < -0.4 is 5.32 Å². The van der Waals surface area contributed by atoms with Crippen LogP contribution in [0.3, 0.4) is 0 Å². The van der Waals surface area contributed by atoms with E-state index in [0.29, 0.717) is 18.7 Å². The van der Waals surface area contributed by atoms with E-state index < -0.39 is 0 Å². The molecular formula is C23H28N4O. The van der Waals surface area contributed by atoms with Crippen LogP contribution in [0, 0.1) is 0 Å². The number of benzene rings is 2. The Hall–Kier alpha value is -2.92. The van der Waals surface area contributed by atoms with Crippen molar-refractivity contribution in [2.75, 3.05) is 20.6 Å². The summed E-state index contributed by atoms with van der Waals surface area (Å²) >= 11 is 0. The first-order valence-corrected chi connectivity index (χ1v) is 9.66. The minimum atomic E-state index is -0.101. The molecule has 0 radical (unpaired) electrons. The van der Waals surface area contributed by atoms with Gasteiger partial charge in [-0.1, -0.05) is 61.5 Å². The van der Waals surface area contributed by atoms with Crippen LogP contribution >= 0.6 is 0 Å². The number of likely N-dealkylation sites (N-methyl/N-ethyl adjacent to an activating group) is 1. The highest BCUT2D eigenvalue weighted by Crippen LogP contribution is 2.18. The highest BCUT2D eigenvalue weighted by molar-refractivity contribution is 5.93. The summed E-state index contributed by atoms with van der Waals surface area (Å²) in [6.45, 7) is 3.34. The van der Waals surface area contributed by atoms with Gasteiger partial charge in [0.15, 0.2) is 0 Å². The van der Waals surface area contributed by atoms with Crippen molar-refractivity contribution < 1.29 is 4.79 Å². The number of carbonyl (C=O) groups is 1. The molecule has 1 N–H and O–H groups in total. The van der Waals surface area contributed by atoms with Gasteiger partial charge >= 0.3 is 0 Å². The summed E-state index contributed by atoms with van der Waals surface area (Å²) in [4.78, 5) is 14.7. The van der Waals surface area contributed by atoms with E-state index in [2.05, 4.69) is 46.5 Å². The molecule has 1 heterocycles. The Bertz CT molecular complexity index is 884. The Balaban J connectivity index is 1.61.